The van der Waals surface area contributed by atoms with E-state index in [1.54, 1.807) is 13.2 Å². The van der Waals surface area contributed by atoms with Gasteiger partial charge in [-0.3, -0.25) is 19.6 Å². The fraction of sp³-hybridized carbons (Fsp3) is 0.400. The molecule has 0 unspecified atom stereocenters. The number of fused-ring (bicyclic) bond motifs is 2. The lowest BCUT2D eigenvalue weighted by Gasteiger charge is -2.47. The lowest BCUT2D eigenvalue weighted by molar-refractivity contribution is -0.147. The summed E-state index contributed by atoms with van der Waals surface area (Å²) < 4.78 is 14.2. The number of likely N-dealkylation sites (tertiary alicyclic amines) is 2. The second-order valence-electron chi connectivity index (χ2n) is 15.1. The molecular formula is C40H41Cl2N7O4. The van der Waals surface area contributed by atoms with Crippen molar-refractivity contribution in [1.82, 2.24) is 34.6 Å². The van der Waals surface area contributed by atoms with E-state index < -0.39 is 5.97 Å². The van der Waals surface area contributed by atoms with E-state index in [4.69, 9.17) is 42.6 Å². The minimum Gasteiger partial charge on any atom is -0.481 e. The molecule has 3 aliphatic heterocycles. The Hall–Kier alpha value is -4.26. The Balaban J connectivity index is 0.945. The van der Waals surface area contributed by atoms with Crippen LogP contribution < -0.4 is 14.8 Å². The van der Waals surface area contributed by atoms with Crippen molar-refractivity contribution in [3.05, 3.63) is 87.2 Å². The van der Waals surface area contributed by atoms with E-state index in [1.165, 1.54) is 17.5 Å². The molecule has 274 valence electrons. The average Bonchev–Trinajstić information content (AvgIpc) is 3.85. The van der Waals surface area contributed by atoms with Crippen LogP contribution in [0.5, 0.6) is 11.8 Å². The summed E-state index contributed by atoms with van der Waals surface area (Å²) in [6, 6.07) is 14.1. The number of methoxy groups -OCH3 is 1. The van der Waals surface area contributed by atoms with Gasteiger partial charge in [0, 0.05) is 86.7 Å². The molecule has 0 amide bonds. The van der Waals surface area contributed by atoms with E-state index in [1.807, 2.05) is 36.3 Å². The first-order valence-electron chi connectivity index (χ1n) is 18.2. The molecule has 0 bridgehead atoms. The molecule has 3 saturated heterocycles. The van der Waals surface area contributed by atoms with Crippen LogP contribution in [-0.4, -0.2) is 86.8 Å². The molecule has 0 radical (unpaired) electrons. The molecule has 3 fully saturated rings. The van der Waals surface area contributed by atoms with Gasteiger partial charge in [0.2, 0.25) is 11.8 Å². The first-order valence-corrected chi connectivity index (χ1v) is 18.9. The monoisotopic (exact) mass is 753 g/mol. The maximum Gasteiger partial charge on any atom is 0.309 e. The van der Waals surface area contributed by atoms with Crippen LogP contribution in [-0.2, 0) is 31.4 Å². The summed E-state index contributed by atoms with van der Waals surface area (Å²) in [5.41, 5.74) is 10.0. The van der Waals surface area contributed by atoms with Crippen molar-refractivity contribution < 1.29 is 19.4 Å². The van der Waals surface area contributed by atoms with Crippen molar-refractivity contribution in [3.63, 3.8) is 0 Å². The number of halogens is 2. The SMILES string of the molecule is COc1nc(O[C@H]2CCc3c(-c4cccc(-c5cnc6c(CN7CC8(CCNC8)C7)cn(C)c6n5)c4Cl)cccc32)c(Cl)cc1CN1CC(C(=O)O)C1. The largest absolute Gasteiger partial charge is 0.481 e. The summed E-state index contributed by atoms with van der Waals surface area (Å²) in [6.45, 7) is 6.85. The Morgan fingerprint density at radius 3 is 2.57 bits per heavy atom. The molecule has 2 N–H and O–H groups in total. The lowest BCUT2D eigenvalue weighted by Crippen LogP contribution is -2.56. The first-order chi connectivity index (χ1) is 25.7. The Kier molecular flexibility index (Phi) is 8.82. The fourth-order valence-electron chi connectivity index (χ4n) is 8.80. The summed E-state index contributed by atoms with van der Waals surface area (Å²) in [6.07, 6.45) is 6.57. The number of pyridine rings is 1. The van der Waals surface area contributed by atoms with Crippen molar-refractivity contribution in [3.8, 4) is 34.1 Å². The van der Waals surface area contributed by atoms with Gasteiger partial charge >= 0.3 is 5.97 Å². The van der Waals surface area contributed by atoms with Gasteiger partial charge in [0.05, 0.1) is 29.9 Å². The minimum absolute atomic E-state index is 0.254. The zero-order chi connectivity index (χ0) is 36.4. The zero-order valence-corrected chi connectivity index (χ0v) is 31.3. The number of aryl methyl sites for hydroxylation is 1. The highest BCUT2D eigenvalue weighted by Gasteiger charge is 2.44. The number of aliphatic carboxylic acids is 1. The van der Waals surface area contributed by atoms with Gasteiger partial charge in [0.15, 0.2) is 5.65 Å². The number of hydrogen-bond acceptors (Lipinski definition) is 9. The highest BCUT2D eigenvalue weighted by Crippen LogP contribution is 2.45. The van der Waals surface area contributed by atoms with Crippen molar-refractivity contribution in [2.24, 2.45) is 18.4 Å². The van der Waals surface area contributed by atoms with Gasteiger partial charge in [-0.05, 0) is 48.6 Å². The number of benzene rings is 2. The Labute approximate surface area is 317 Å². The molecule has 3 aromatic heterocycles. The van der Waals surface area contributed by atoms with Crippen molar-refractivity contribution >= 4 is 40.3 Å². The molecule has 6 heterocycles. The van der Waals surface area contributed by atoms with Crippen molar-refractivity contribution in [2.45, 2.75) is 38.5 Å². The lowest BCUT2D eigenvalue weighted by atomic mass is 9.79. The summed E-state index contributed by atoms with van der Waals surface area (Å²) in [4.78, 5) is 30.5. The number of carboxylic acids is 1. The van der Waals surface area contributed by atoms with Crippen LogP contribution >= 0.6 is 23.2 Å². The van der Waals surface area contributed by atoms with E-state index in [2.05, 4.69) is 44.2 Å². The smallest absolute Gasteiger partial charge is 0.309 e. The molecule has 1 aliphatic carbocycles. The predicted octanol–water partition coefficient (Wildman–Crippen LogP) is 6.39. The van der Waals surface area contributed by atoms with Crippen LogP contribution in [0.3, 0.4) is 0 Å². The number of carboxylic acid groups (broad SMARTS) is 1. The van der Waals surface area contributed by atoms with Gasteiger partial charge in [-0.25, -0.2) is 4.98 Å². The zero-order valence-electron chi connectivity index (χ0n) is 29.7. The molecule has 1 spiro atoms. The van der Waals surface area contributed by atoms with E-state index in [0.29, 0.717) is 46.9 Å². The van der Waals surface area contributed by atoms with Gasteiger partial charge in [-0.15, -0.1) is 0 Å². The van der Waals surface area contributed by atoms with E-state index >= 15 is 0 Å². The quantitative estimate of drug-likeness (QED) is 0.166. The number of nitrogens with one attached hydrogen (secondary N) is 1. The van der Waals surface area contributed by atoms with Gasteiger partial charge in [-0.2, -0.15) is 4.98 Å². The molecule has 53 heavy (non-hydrogen) atoms. The third-order valence-electron chi connectivity index (χ3n) is 11.5. The predicted molar refractivity (Wildman–Crippen MR) is 203 cm³/mol. The van der Waals surface area contributed by atoms with Crippen LogP contribution in [0.25, 0.3) is 33.5 Å². The number of nitrogens with zero attached hydrogens (tertiary/aromatic N) is 6. The molecular weight excluding hydrogens is 713 g/mol. The molecule has 2 aromatic carbocycles. The number of carbonyl (C=O) groups is 1. The number of ether oxygens (including phenoxy) is 2. The van der Waals surface area contributed by atoms with Gasteiger partial charge in [0.1, 0.15) is 16.6 Å². The van der Waals surface area contributed by atoms with E-state index in [0.717, 1.165) is 90.2 Å². The third kappa shape index (κ3) is 6.22. The average molecular weight is 755 g/mol. The fourth-order valence-corrected chi connectivity index (χ4v) is 9.34. The van der Waals surface area contributed by atoms with Crippen LogP contribution in [0.15, 0.2) is 54.9 Å². The van der Waals surface area contributed by atoms with Crippen LogP contribution in [0.4, 0.5) is 0 Å². The van der Waals surface area contributed by atoms with Crippen LogP contribution in [0, 0.1) is 11.3 Å². The van der Waals surface area contributed by atoms with Crippen molar-refractivity contribution in [2.75, 3.05) is 46.4 Å². The summed E-state index contributed by atoms with van der Waals surface area (Å²) in [5, 5.41) is 13.8. The van der Waals surface area contributed by atoms with E-state index in [9.17, 15) is 9.90 Å². The summed E-state index contributed by atoms with van der Waals surface area (Å²) >= 11 is 14.0. The standard InChI is InChI=1S/C40H41Cl2N7O4/c1-47-15-24(17-49-21-40(22-49)11-12-43-20-40)35-36(47)45-32(14-44-35)30-8-4-7-29(34(30)42)26-5-3-6-28-27(26)9-10-33(28)53-38-31(41)13-23(37(46-38)52-2)16-48-18-25(19-48)39(50)51/h3-8,13-15,25,33,43H,9-12,16-22H2,1-2H3,(H,50,51)/t33-/m0/s1. The molecule has 0 saturated carbocycles. The number of aromatic nitrogens is 4. The normalized spacial score (nSPS) is 19.7. The summed E-state index contributed by atoms with van der Waals surface area (Å²) in [5.74, 6) is -0.401. The van der Waals surface area contributed by atoms with Crippen LogP contribution in [0.1, 0.15) is 41.2 Å². The second-order valence-corrected chi connectivity index (χ2v) is 15.9. The molecule has 5 aromatic rings. The highest BCUT2D eigenvalue weighted by atomic mass is 35.5. The first kappa shape index (κ1) is 34.5. The van der Waals surface area contributed by atoms with Gasteiger partial charge in [-0.1, -0.05) is 59.6 Å². The maximum atomic E-state index is 11.2. The second kappa shape index (κ2) is 13.5. The van der Waals surface area contributed by atoms with Gasteiger partial charge in [0.25, 0.3) is 0 Å². The minimum atomic E-state index is -0.774. The number of rotatable bonds is 10. The van der Waals surface area contributed by atoms with Crippen molar-refractivity contribution in [1.29, 1.82) is 0 Å². The molecule has 9 rings (SSSR count). The van der Waals surface area contributed by atoms with E-state index in [-0.39, 0.29) is 12.0 Å². The third-order valence-corrected chi connectivity index (χ3v) is 12.2. The number of hydrogen-bond donors (Lipinski definition) is 2. The summed E-state index contributed by atoms with van der Waals surface area (Å²) in [7, 11) is 3.59. The molecule has 1 atom stereocenters. The Morgan fingerprint density at radius 2 is 1.79 bits per heavy atom. The Bertz CT molecular complexity index is 2240. The van der Waals surface area contributed by atoms with Crippen LogP contribution in [0.2, 0.25) is 10.0 Å². The molecule has 13 heteroatoms. The molecule has 11 nitrogen and oxygen atoms in total. The molecule has 4 aliphatic rings. The highest BCUT2D eigenvalue weighted by molar-refractivity contribution is 6.36. The Morgan fingerprint density at radius 1 is 1.02 bits per heavy atom. The van der Waals surface area contributed by atoms with Gasteiger partial charge < -0.3 is 24.5 Å². The maximum absolute atomic E-state index is 11.2. The topological polar surface area (TPSA) is 118 Å².